The summed E-state index contributed by atoms with van der Waals surface area (Å²) in [7, 11) is 3.47. The van der Waals surface area contributed by atoms with Crippen LogP contribution in [-0.2, 0) is 23.3 Å². The van der Waals surface area contributed by atoms with Gasteiger partial charge < -0.3 is 14.6 Å². The molecule has 1 aromatic heterocycles. The van der Waals surface area contributed by atoms with Crippen LogP contribution in [0.5, 0.6) is 5.75 Å². The van der Waals surface area contributed by atoms with Crippen LogP contribution in [0.4, 0.5) is 5.69 Å². The molecule has 30 heavy (non-hydrogen) atoms. The fourth-order valence-corrected chi connectivity index (χ4v) is 4.50. The van der Waals surface area contributed by atoms with Crippen molar-refractivity contribution in [1.29, 1.82) is 0 Å². The van der Waals surface area contributed by atoms with Crippen molar-refractivity contribution in [2.45, 2.75) is 23.6 Å². The predicted octanol–water partition coefficient (Wildman–Crippen LogP) is 4.95. The maximum absolute atomic E-state index is 12.3. The Morgan fingerprint density at radius 2 is 1.93 bits per heavy atom. The molecule has 0 bridgehead atoms. The summed E-state index contributed by atoms with van der Waals surface area (Å²) in [5, 5.41) is 12.5. The van der Waals surface area contributed by atoms with E-state index in [0.29, 0.717) is 21.6 Å². The molecule has 0 atom stereocenters. The molecular formula is C21H23ClN4O2S2. The van der Waals surface area contributed by atoms with E-state index in [-0.39, 0.29) is 11.7 Å². The first kappa shape index (κ1) is 22.5. The van der Waals surface area contributed by atoms with Gasteiger partial charge in [0, 0.05) is 17.8 Å². The molecule has 0 spiro atoms. The van der Waals surface area contributed by atoms with Gasteiger partial charge in [-0.05, 0) is 30.7 Å². The maximum atomic E-state index is 12.3. The van der Waals surface area contributed by atoms with Crippen LogP contribution in [0.15, 0.2) is 47.6 Å². The molecule has 1 amide bonds. The van der Waals surface area contributed by atoms with Gasteiger partial charge in [-0.25, -0.2) is 0 Å². The lowest BCUT2D eigenvalue weighted by molar-refractivity contribution is -0.113. The third-order valence-corrected chi connectivity index (χ3v) is 6.57. The number of amides is 1. The molecule has 0 saturated heterocycles. The summed E-state index contributed by atoms with van der Waals surface area (Å²) in [4.78, 5) is 12.3. The number of nitrogens with zero attached hydrogens (tertiary/aromatic N) is 3. The Morgan fingerprint density at radius 3 is 2.67 bits per heavy atom. The number of aryl methyl sites for hydroxylation is 1. The lowest BCUT2D eigenvalue weighted by Gasteiger charge is -2.10. The van der Waals surface area contributed by atoms with Gasteiger partial charge in [0.1, 0.15) is 11.6 Å². The molecule has 1 heterocycles. The van der Waals surface area contributed by atoms with Gasteiger partial charge in [-0.1, -0.05) is 53.2 Å². The van der Waals surface area contributed by atoms with E-state index in [0.717, 1.165) is 17.3 Å². The van der Waals surface area contributed by atoms with E-state index in [1.807, 2.05) is 11.6 Å². The van der Waals surface area contributed by atoms with Crippen molar-refractivity contribution in [3.8, 4) is 5.75 Å². The molecule has 0 aliphatic rings. The number of aromatic nitrogens is 3. The lowest BCUT2D eigenvalue weighted by Crippen LogP contribution is -2.15. The average Bonchev–Trinajstić information content (AvgIpc) is 3.08. The van der Waals surface area contributed by atoms with Crippen LogP contribution < -0.4 is 10.1 Å². The fraction of sp³-hybridized carbons (Fsp3) is 0.286. The smallest absolute Gasteiger partial charge is 0.234 e. The van der Waals surface area contributed by atoms with Crippen molar-refractivity contribution >= 4 is 46.7 Å². The summed E-state index contributed by atoms with van der Waals surface area (Å²) in [5.41, 5.74) is 3.09. The minimum absolute atomic E-state index is 0.168. The van der Waals surface area contributed by atoms with E-state index in [1.54, 1.807) is 37.1 Å². The van der Waals surface area contributed by atoms with E-state index < -0.39 is 0 Å². The topological polar surface area (TPSA) is 69.0 Å². The number of anilines is 1. The second kappa shape index (κ2) is 10.7. The van der Waals surface area contributed by atoms with E-state index in [2.05, 4.69) is 46.7 Å². The van der Waals surface area contributed by atoms with Gasteiger partial charge in [0.25, 0.3) is 0 Å². The zero-order valence-electron chi connectivity index (χ0n) is 17.0. The molecule has 6 nitrogen and oxygen atoms in total. The van der Waals surface area contributed by atoms with Crippen molar-refractivity contribution in [1.82, 2.24) is 14.8 Å². The van der Waals surface area contributed by atoms with E-state index in [9.17, 15) is 4.79 Å². The van der Waals surface area contributed by atoms with Crippen molar-refractivity contribution in [3.63, 3.8) is 0 Å². The third kappa shape index (κ3) is 6.17. The highest BCUT2D eigenvalue weighted by atomic mass is 35.5. The molecule has 0 aliphatic carbocycles. The molecule has 0 radical (unpaired) electrons. The first-order valence-corrected chi connectivity index (χ1v) is 11.8. The highest BCUT2D eigenvalue weighted by Gasteiger charge is 2.13. The molecule has 0 fully saturated rings. The van der Waals surface area contributed by atoms with Crippen LogP contribution >= 0.6 is 35.1 Å². The predicted molar refractivity (Wildman–Crippen MR) is 125 cm³/mol. The monoisotopic (exact) mass is 462 g/mol. The SMILES string of the molecule is COc1ccc(Cl)cc1NC(=O)CSc1nnc(CSCc2ccc(C)cc2)n1C. The summed E-state index contributed by atoms with van der Waals surface area (Å²) in [6.45, 7) is 2.08. The van der Waals surface area contributed by atoms with Gasteiger partial charge >= 0.3 is 0 Å². The van der Waals surface area contributed by atoms with Crippen LogP contribution in [0.25, 0.3) is 0 Å². The van der Waals surface area contributed by atoms with Crippen molar-refractivity contribution in [3.05, 3.63) is 64.4 Å². The van der Waals surface area contributed by atoms with Crippen LogP contribution in [0, 0.1) is 6.92 Å². The number of benzene rings is 2. The van der Waals surface area contributed by atoms with Crippen LogP contribution in [0.3, 0.4) is 0 Å². The van der Waals surface area contributed by atoms with Crippen molar-refractivity contribution in [2.75, 3.05) is 18.2 Å². The van der Waals surface area contributed by atoms with Crippen molar-refractivity contribution < 1.29 is 9.53 Å². The highest BCUT2D eigenvalue weighted by molar-refractivity contribution is 7.99. The zero-order chi connectivity index (χ0) is 21.5. The normalized spacial score (nSPS) is 10.8. The van der Waals surface area contributed by atoms with Gasteiger partial charge in [-0.2, -0.15) is 0 Å². The second-order valence-electron chi connectivity index (χ2n) is 6.62. The Kier molecular flexibility index (Phi) is 8.07. The summed E-state index contributed by atoms with van der Waals surface area (Å²) in [6, 6.07) is 13.6. The Bertz CT molecular complexity index is 1010. The van der Waals surface area contributed by atoms with E-state index in [4.69, 9.17) is 16.3 Å². The maximum Gasteiger partial charge on any atom is 0.234 e. The number of hydrogen-bond donors (Lipinski definition) is 1. The summed E-state index contributed by atoms with van der Waals surface area (Å²) >= 11 is 9.13. The summed E-state index contributed by atoms with van der Waals surface area (Å²) in [5.74, 6) is 3.15. The van der Waals surface area contributed by atoms with Crippen LogP contribution in [0.2, 0.25) is 5.02 Å². The van der Waals surface area contributed by atoms with E-state index >= 15 is 0 Å². The number of carbonyl (C=O) groups is 1. The van der Waals surface area contributed by atoms with Crippen LogP contribution in [0.1, 0.15) is 17.0 Å². The molecular weight excluding hydrogens is 440 g/mol. The average molecular weight is 463 g/mol. The van der Waals surface area contributed by atoms with Gasteiger partial charge in [0.15, 0.2) is 5.16 Å². The van der Waals surface area contributed by atoms with Gasteiger partial charge in [-0.3, -0.25) is 4.79 Å². The first-order valence-electron chi connectivity index (χ1n) is 9.24. The van der Waals surface area contributed by atoms with Crippen LogP contribution in [-0.4, -0.2) is 33.5 Å². The molecule has 2 aromatic carbocycles. The molecule has 0 aliphatic heterocycles. The number of nitrogens with one attached hydrogen (secondary N) is 1. The number of ether oxygens (including phenoxy) is 1. The zero-order valence-corrected chi connectivity index (χ0v) is 19.4. The van der Waals surface area contributed by atoms with E-state index in [1.165, 1.54) is 22.9 Å². The highest BCUT2D eigenvalue weighted by Crippen LogP contribution is 2.28. The Morgan fingerprint density at radius 1 is 1.17 bits per heavy atom. The molecule has 1 N–H and O–H groups in total. The quantitative estimate of drug-likeness (QED) is 0.454. The number of methoxy groups -OCH3 is 1. The van der Waals surface area contributed by atoms with Crippen molar-refractivity contribution in [2.24, 2.45) is 7.05 Å². The largest absolute Gasteiger partial charge is 0.495 e. The molecule has 0 saturated carbocycles. The molecule has 158 valence electrons. The number of rotatable bonds is 9. The third-order valence-electron chi connectivity index (χ3n) is 4.31. The molecule has 9 heteroatoms. The lowest BCUT2D eigenvalue weighted by atomic mass is 10.2. The molecule has 0 unspecified atom stereocenters. The Labute approximate surface area is 189 Å². The van der Waals surface area contributed by atoms with Gasteiger partial charge in [-0.15, -0.1) is 22.0 Å². The van der Waals surface area contributed by atoms with Gasteiger partial charge in [0.05, 0.1) is 24.3 Å². The summed E-state index contributed by atoms with van der Waals surface area (Å²) < 4.78 is 7.18. The molecule has 3 aromatic rings. The fourth-order valence-electron chi connectivity index (χ4n) is 2.64. The molecule has 3 rings (SSSR count). The minimum atomic E-state index is -0.168. The summed E-state index contributed by atoms with van der Waals surface area (Å²) in [6.07, 6.45) is 0. The van der Waals surface area contributed by atoms with Gasteiger partial charge in [0.2, 0.25) is 5.91 Å². The second-order valence-corrected chi connectivity index (χ2v) is 8.98. The number of hydrogen-bond acceptors (Lipinski definition) is 6. The number of halogens is 1. The Hall–Kier alpha value is -2.16. The Balaban J connectivity index is 1.50. The number of carbonyl (C=O) groups excluding carboxylic acids is 1. The number of thioether (sulfide) groups is 2. The minimum Gasteiger partial charge on any atom is -0.495 e. The first-order chi connectivity index (χ1) is 14.5. The standard InChI is InChI=1S/C21H23ClN4O2S2/c1-14-4-6-15(7-5-14)11-29-12-19-24-25-21(26(19)2)30-13-20(27)23-17-10-16(22)8-9-18(17)28-3/h4-10H,11-13H2,1-3H3,(H,23,27).